The molecule has 0 aliphatic heterocycles. The molecule has 16 heavy (non-hydrogen) atoms. The van der Waals surface area contributed by atoms with Gasteiger partial charge in [0.25, 0.3) is 0 Å². The minimum absolute atomic E-state index is 0.403. The van der Waals surface area contributed by atoms with Crippen LogP contribution >= 0.6 is 11.6 Å². The van der Waals surface area contributed by atoms with Crippen molar-refractivity contribution >= 4 is 11.6 Å². The molecule has 0 radical (unpaired) electrons. The van der Waals surface area contributed by atoms with Gasteiger partial charge in [0.1, 0.15) is 0 Å². The van der Waals surface area contributed by atoms with E-state index in [0.717, 1.165) is 5.56 Å². The first-order valence-corrected chi connectivity index (χ1v) is 5.23. The summed E-state index contributed by atoms with van der Waals surface area (Å²) in [6.07, 6.45) is 5.66. The fraction of sp³-hybridized carbons (Fsp3) is 0.333. The molecule has 1 rings (SSSR count). The molecule has 0 spiro atoms. The third-order valence-corrected chi connectivity index (χ3v) is 2.30. The van der Waals surface area contributed by atoms with Gasteiger partial charge in [0.15, 0.2) is 11.5 Å². The highest BCUT2D eigenvalue weighted by Gasteiger charge is 2.11. The molecule has 0 bridgehead atoms. The summed E-state index contributed by atoms with van der Waals surface area (Å²) in [6, 6.07) is 3.56. The minimum Gasteiger partial charge on any atom is -0.493 e. The first kappa shape index (κ1) is 12.7. The van der Waals surface area contributed by atoms with Gasteiger partial charge in [-0.1, -0.05) is 11.6 Å². The summed E-state index contributed by atoms with van der Waals surface area (Å²) in [4.78, 5) is 0. The lowest BCUT2D eigenvalue weighted by Crippen LogP contribution is -2.02. The Hall–Kier alpha value is -1.37. The second kappa shape index (κ2) is 6.26. The fourth-order valence-corrected chi connectivity index (χ4v) is 1.53. The number of halogens is 1. The summed E-state index contributed by atoms with van der Waals surface area (Å²) in [5.74, 6) is 3.57. The summed E-state index contributed by atoms with van der Waals surface area (Å²) in [5.41, 5.74) is 6.43. The van der Waals surface area contributed by atoms with E-state index in [1.54, 1.807) is 19.2 Å². The number of hydrogen-bond donors (Lipinski definition) is 1. The number of terminal acetylenes is 1. The Bertz CT molecular complexity index is 399. The van der Waals surface area contributed by atoms with Gasteiger partial charge in [-0.25, -0.2) is 0 Å². The lowest BCUT2D eigenvalue weighted by Gasteiger charge is -2.12. The zero-order valence-electron chi connectivity index (χ0n) is 9.13. The molecular formula is C12H14ClNO2. The van der Waals surface area contributed by atoms with Crippen molar-refractivity contribution in [3.8, 4) is 23.8 Å². The van der Waals surface area contributed by atoms with Gasteiger partial charge in [0.2, 0.25) is 0 Å². The molecule has 1 aromatic carbocycles. The van der Waals surface area contributed by atoms with E-state index in [1.807, 2.05) is 0 Å². The Morgan fingerprint density at radius 3 is 2.81 bits per heavy atom. The predicted octanol–water partition coefficient (Wildman–Crippen LogP) is 2.21. The molecule has 1 aromatic rings. The lowest BCUT2D eigenvalue weighted by molar-refractivity contribution is 0.301. The monoisotopic (exact) mass is 239 g/mol. The van der Waals surface area contributed by atoms with E-state index >= 15 is 0 Å². The lowest BCUT2D eigenvalue weighted by atomic mass is 10.2. The van der Waals surface area contributed by atoms with E-state index in [4.69, 9.17) is 33.2 Å². The van der Waals surface area contributed by atoms with Crippen LogP contribution in [0.25, 0.3) is 0 Å². The van der Waals surface area contributed by atoms with Gasteiger partial charge in [-0.15, -0.1) is 12.3 Å². The number of hydrogen-bond acceptors (Lipinski definition) is 3. The molecule has 0 aliphatic carbocycles. The van der Waals surface area contributed by atoms with Gasteiger partial charge in [0.05, 0.1) is 18.7 Å². The molecule has 0 saturated heterocycles. The molecule has 0 fully saturated rings. The minimum atomic E-state index is 0.403. The molecule has 0 amide bonds. The standard InChI is InChI=1S/C12H14ClNO2/c1-3-4-5-16-12-10(13)6-9(8-14)7-11(12)15-2/h1,6-7H,4-5,8,14H2,2H3. The first-order chi connectivity index (χ1) is 7.72. The second-order valence-corrected chi connectivity index (χ2v) is 3.52. The fourth-order valence-electron chi connectivity index (χ4n) is 1.24. The highest BCUT2D eigenvalue weighted by atomic mass is 35.5. The molecule has 0 aromatic heterocycles. The Kier molecular flexibility index (Phi) is 4.97. The van der Waals surface area contributed by atoms with E-state index in [-0.39, 0.29) is 0 Å². The van der Waals surface area contributed by atoms with Crippen molar-refractivity contribution in [3.63, 3.8) is 0 Å². The number of methoxy groups -OCH3 is 1. The van der Waals surface area contributed by atoms with Crippen LogP contribution in [0.3, 0.4) is 0 Å². The van der Waals surface area contributed by atoms with Crippen molar-refractivity contribution < 1.29 is 9.47 Å². The maximum Gasteiger partial charge on any atom is 0.179 e. The van der Waals surface area contributed by atoms with Crippen molar-refractivity contribution in [1.29, 1.82) is 0 Å². The zero-order chi connectivity index (χ0) is 12.0. The van der Waals surface area contributed by atoms with Crippen LogP contribution in [0, 0.1) is 12.3 Å². The third kappa shape index (κ3) is 3.06. The van der Waals surface area contributed by atoms with E-state index < -0.39 is 0 Å². The van der Waals surface area contributed by atoms with Crippen LogP contribution in [-0.4, -0.2) is 13.7 Å². The number of rotatable bonds is 5. The highest BCUT2D eigenvalue weighted by Crippen LogP contribution is 2.36. The maximum atomic E-state index is 6.06. The zero-order valence-corrected chi connectivity index (χ0v) is 9.88. The third-order valence-electron chi connectivity index (χ3n) is 2.02. The Labute approximate surface area is 100 Å². The van der Waals surface area contributed by atoms with Crippen LogP contribution in [0.1, 0.15) is 12.0 Å². The largest absolute Gasteiger partial charge is 0.493 e. The van der Waals surface area contributed by atoms with E-state index in [2.05, 4.69) is 5.92 Å². The van der Waals surface area contributed by atoms with Gasteiger partial charge < -0.3 is 15.2 Å². The predicted molar refractivity (Wildman–Crippen MR) is 64.8 cm³/mol. The van der Waals surface area contributed by atoms with Crippen LogP contribution in [0.2, 0.25) is 5.02 Å². The van der Waals surface area contributed by atoms with Gasteiger partial charge in [-0.3, -0.25) is 0 Å². The summed E-state index contributed by atoms with van der Waals surface area (Å²) < 4.78 is 10.6. The molecule has 0 atom stereocenters. The Balaban J connectivity index is 2.93. The van der Waals surface area contributed by atoms with Crippen molar-refractivity contribution in [1.82, 2.24) is 0 Å². The molecule has 0 aliphatic rings. The molecule has 0 unspecified atom stereocenters. The van der Waals surface area contributed by atoms with E-state index in [0.29, 0.717) is 36.1 Å². The first-order valence-electron chi connectivity index (χ1n) is 4.85. The summed E-state index contributed by atoms with van der Waals surface area (Å²) >= 11 is 6.06. The molecule has 4 heteroatoms. The van der Waals surface area contributed by atoms with Crippen molar-refractivity contribution in [2.75, 3.05) is 13.7 Å². The molecule has 86 valence electrons. The van der Waals surface area contributed by atoms with Gasteiger partial charge in [0, 0.05) is 13.0 Å². The summed E-state index contributed by atoms with van der Waals surface area (Å²) in [5, 5.41) is 0.483. The second-order valence-electron chi connectivity index (χ2n) is 3.12. The van der Waals surface area contributed by atoms with Crippen LogP contribution < -0.4 is 15.2 Å². The van der Waals surface area contributed by atoms with Crippen LogP contribution in [0.4, 0.5) is 0 Å². The van der Waals surface area contributed by atoms with Gasteiger partial charge >= 0.3 is 0 Å². The number of benzene rings is 1. The summed E-state index contributed by atoms with van der Waals surface area (Å²) in [6.45, 7) is 0.815. The average molecular weight is 240 g/mol. The number of nitrogens with two attached hydrogens (primary N) is 1. The molecule has 0 saturated carbocycles. The van der Waals surface area contributed by atoms with E-state index in [9.17, 15) is 0 Å². The van der Waals surface area contributed by atoms with Crippen LogP contribution in [0.15, 0.2) is 12.1 Å². The molecule has 0 heterocycles. The van der Waals surface area contributed by atoms with Crippen molar-refractivity contribution in [2.45, 2.75) is 13.0 Å². The van der Waals surface area contributed by atoms with Crippen LogP contribution in [0.5, 0.6) is 11.5 Å². The van der Waals surface area contributed by atoms with E-state index in [1.165, 1.54) is 0 Å². The normalized spacial score (nSPS) is 9.62. The Morgan fingerprint density at radius 1 is 1.50 bits per heavy atom. The van der Waals surface area contributed by atoms with Gasteiger partial charge in [-0.05, 0) is 17.7 Å². The van der Waals surface area contributed by atoms with Crippen molar-refractivity contribution in [2.24, 2.45) is 5.73 Å². The van der Waals surface area contributed by atoms with Gasteiger partial charge in [-0.2, -0.15) is 0 Å². The maximum absolute atomic E-state index is 6.06. The topological polar surface area (TPSA) is 44.5 Å². The highest BCUT2D eigenvalue weighted by molar-refractivity contribution is 6.32. The SMILES string of the molecule is C#CCCOc1c(Cl)cc(CN)cc1OC. The quantitative estimate of drug-likeness (QED) is 0.633. The molecule has 3 nitrogen and oxygen atoms in total. The van der Waals surface area contributed by atoms with Crippen molar-refractivity contribution in [3.05, 3.63) is 22.7 Å². The smallest absolute Gasteiger partial charge is 0.179 e. The summed E-state index contributed by atoms with van der Waals surface area (Å²) in [7, 11) is 1.56. The van der Waals surface area contributed by atoms with Crippen LogP contribution in [-0.2, 0) is 6.54 Å². The molecule has 2 N–H and O–H groups in total. The average Bonchev–Trinajstić information content (AvgIpc) is 2.30. The Morgan fingerprint density at radius 2 is 2.25 bits per heavy atom. The number of ether oxygens (including phenoxy) is 2. The molecular weight excluding hydrogens is 226 g/mol.